The molecule has 2 aromatic carbocycles. The minimum atomic E-state index is -1.40. The Morgan fingerprint density at radius 2 is 1.93 bits per heavy atom. The number of thiophene rings is 1. The maximum absolute atomic E-state index is 14.8. The zero-order valence-electron chi connectivity index (χ0n) is 23.3. The summed E-state index contributed by atoms with van der Waals surface area (Å²) in [7, 11) is 2.86. The molecule has 4 rings (SSSR count). The number of amides is 4. The Hall–Kier alpha value is -3.65. The standard InChI is InChI=1S/C28H29FN4O7S.Na/c1-39-18-6-7-20(24(12-18)40-2)22(13-26(35)36)32-27(37)16-10-25(34)33(15-16)23-11-17(5-8-21(23)29)31-28(38)30-14-19-4-3-9-41-19;/h3-9,11-12,16,22H,10,13-15H2,1-2H3,(H,32,37)(H,35,36)(H2,30,31,38);/q;+1/p-1. The van der Waals surface area contributed by atoms with Gasteiger partial charge in [-0.05, 0) is 41.8 Å². The fraction of sp³-hybridized carbons (Fsp3) is 0.286. The summed E-state index contributed by atoms with van der Waals surface area (Å²) >= 11 is 1.49. The van der Waals surface area contributed by atoms with Gasteiger partial charge in [0.15, 0.2) is 0 Å². The predicted octanol–water partition coefficient (Wildman–Crippen LogP) is -0.419. The van der Waals surface area contributed by atoms with E-state index < -0.39 is 48.0 Å². The molecule has 1 aliphatic heterocycles. The topological polar surface area (TPSA) is 149 Å². The van der Waals surface area contributed by atoms with Gasteiger partial charge < -0.3 is 40.2 Å². The number of hydrogen-bond donors (Lipinski definition) is 3. The number of methoxy groups -OCH3 is 2. The minimum absolute atomic E-state index is 0. The Labute approximate surface area is 267 Å². The van der Waals surface area contributed by atoms with Crippen LogP contribution in [0.5, 0.6) is 11.5 Å². The maximum Gasteiger partial charge on any atom is 1.00 e. The van der Waals surface area contributed by atoms with Crippen molar-refractivity contribution in [3.05, 3.63) is 70.2 Å². The molecule has 0 bridgehead atoms. The van der Waals surface area contributed by atoms with E-state index in [2.05, 4.69) is 16.0 Å². The molecule has 3 aromatic rings. The molecule has 42 heavy (non-hydrogen) atoms. The van der Waals surface area contributed by atoms with Gasteiger partial charge in [-0.1, -0.05) is 6.07 Å². The SMILES string of the molecule is COc1ccc(C(CC(=O)[O-])NC(=O)C2CC(=O)N(c3cc(NC(=O)NCc4cccs4)ccc3F)C2)c(OC)c1.[Na+]. The van der Waals surface area contributed by atoms with Crippen LogP contribution < -0.4 is 65.0 Å². The van der Waals surface area contributed by atoms with Crippen LogP contribution in [0, 0.1) is 11.7 Å². The van der Waals surface area contributed by atoms with Gasteiger partial charge in [-0.2, -0.15) is 0 Å². The average molecular weight is 607 g/mol. The van der Waals surface area contributed by atoms with Crippen LogP contribution in [0.3, 0.4) is 0 Å². The first-order chi connectivity index (χ1) is 19.7. The molecule has 1 aliphatic rings. The van der Waals surface area contributed by atoms with Crippen LogP contribution in [-0.4, -0.2) is 44.6 Å². The zero-order chi connectivity index (χ0) is 29.5. The van der Waals surface area contributed by atoms with Gasteiger partial charge in [0, 0.05) is 47.6 Å². The monoisotopic (exact) mass is 606 g/mol. The van der Waals surface area contributed by atoms with Crippen LogP contribution in [-0.2, 0) is 20.9 Å². The molecule has 0 spiro atoms. The Kier molecular flexibility index (Phi) is 11.7. The maximum atomic E-state index is 14.8. The van der Waals surface area contributed by atoms with Crippen molar-refractivity contribution in [3.63, 3.8) is 0 Å². The summed E-state index contributed by atoms with van der Waals surface area (Å²) in [6, 6.07) is 10.7. The molecule has 11 nitrogen and oxygen atoms in total. The first-order valence-electron chi connectivity index (χ1n) is 12.6. The largest absolute Gasteiger partial charge is 1.00 e. The van der Waals surface area contributed by atoms with Crippen LogP contribution in [0.25, 0.3) is 0 Å². The first kappa shape index (κ1) is 32.9. The Morgan fingerprint density at radius 3 is 2.60 bits per heavy atom. The molecule has 2 atom stereocenters. The van der Waals surface area contributed by atoms with Crippen LogP contribution in [0.4, 0.5) is 20.6 Å². The Balaban J connectivity index is 0.00000484. The smallest absolute Gasteiger partial charge is 0.550 e. The predicted molar refractivity (Wildman–Crippen MR) is 147 cm³/mol. The zero-order valence-corrected chi connectivity index (χ0v) is 26.1. The van der Waals surface area contributed by atoms with E-state index in [9.17, 15) is 28.7 Å². The van der Waals surface area contributed by atoms with E-state index in [1.54, 1.807) is 18.2 Å². The number of nitrogens with one attached hydrogen (secondary N) is 3. The van der Waals surface area contributed by atoms with Crippen molar-refractivity contribution < 1.29 is 67.7 Å². The van der Waals surface area contributed by atoms with E-state index >= 15 is 0 Å². The quantitative estimate of drug-likeness (QED) is 0.251. The van der Waals surface area contributed by atoms with Crippen molar-refractivity contribution in [2.75, 3.05) is 31.0 Å². The Morgan fingerprint density at radius 1 is 1.14 bits per heavy atom. The first-order valence-corrected chi connectivity index (χ1v) is 13.5. The van der Waals surface area contributed by atoms with E-state index in [1.807, 2.05) is 17.5 Å². The molecular weight excluding hydrogens is 578 g/mol. The number of rotatable bonds is 11. The van der Waals surface area contributed by atoms with Crippen LogP contribution in [0.2, 0.25) is 0 Å². The molecule has 14 heteroatoms. The van der Waals surface area contributed by atoms with Gasteiger partial charge in [-0.15, -0.1) is 11.3 Å². The molecule has 216 valence electrons. The summed E-state index contributed by atoms with van der Waals surface area (Å²) in [5.41, 5.74) is 0.546. The third kappa shape index (κ3) is 8.22. The number of carbonyl (C=O) groups is 4. The normalized spacial score (nSPS) is 14.9. The van der Waals surface area contributed by atoms with Crippen molar-refractivity contribution in [2.45, 2.75) is 25.4 Å². The van der Waals surface area contributed by atoms with Crippen LogP contribution in [0.15, 0.2) is 53.9 Å². The van der Waals surface area contributed by atoms with Gasteiger partial charge in [0.05, 0.1) is 38.4 Å². The second-order valence-corrected chi connectivity index (χ2v) is 10.2. The number of ether oxygens (including phenoxy) is 2. The number of carboxylic acids is 1. The van der Waals surface area contributed by atoms with Gasteiger partial charge in [0.2, 0.25) is 11.8 Å². The third-order valence-corrected chi connectivity index (χ3v) is 7.37. The number of halogens is 1. The molecule has 0 aliphatic carbocycles. The molecule has 1 fully saturated rings. The number of hydrogen-bond acceptors (Lipinski definition) is 8. The van der Waals surface area contributed by atoms with Gasteiger partial charge in [-0.3, -0.25) is 9.59 Å². The molecule has 2 unspecified atom stereocenters. The van der Waals surface area contributed by atoms with E-state index in [-0.39, 0.29) is 53.9 Å². The summed E-state index contributed by atoms with van der Waals surface area (Å²) in [6.07, 6.45) is -0.766. The number of aliphatic carboxylic acids is 1. The minimum Gasteiger partial charge on any atom is -0.550 e. The van der Waals surface area contributed by atoms with E-state index in [0.717, 1.165) is 15.8 Å². The second-order valence-electron chi connectivity index (χ2n) is 9.20. The average Bonchev–Trinajstić information content (AvgIpc) is 3.62. The molecule has 2 heterocycles. The number of benzene rings is 2. The summed E-state index contributed by atoms with van der Waals surface area (Å²) in [4.78, 5) is 51.9. The molecule has 1 saturated heterocycles. The molecule has 3 N–H and O–H groups in total. The summed E-state index contributed by atoms with van der Waals surface area (Å²) < 4.78 is 25.3. The second kappa shape index (κ2) is 15.0. The van der Waals surface area contributed by atoms with Crippen molar-refractivity contribution in [3.8, 4) is 11.5 Å². The number of nitrogens with zero attached hydrogens (tertiary/aromatic N) is 1. The molecular formula is C28H28FN4NaO7S. The number of carbonyl (C=O) groups excluding carboxylic acids is 4. The summed E-state index contributed by atoms with van der Waals surface area (Å²) in [5.74, 6) is -3.31. The van der Waals surface area contributed by atoms with Gasteiger partial charge in [0.1, 0.15) is 17.3 Å². The summed E-state index contributed by atoms with van der Waals surface area (Å²) in [5, 5.41) is 21.4. The third-order valence-electron chi connectivity index (χ3n) is 6.50. The van der Waals surface area contributed by atoms with Crippen molar-refractivity contribution in [1.82, 2.24) is 10.6 Å². The Bertz CT molecular complexity index is 1440. The molecule has 0 saturated carbocycles. The molecule has 4 amide bonds. The van der Waals surface area contributed by atoms with Crippen molar-refractivity contribution in [1.29, 1.82) is 0 Å². The number of urea groups is 1. The van der Waals surface area contributed by atoms with Crippen molar-refractivity contribution >= 4 is 46.5 Å². The summed E-state index contributed by atoms with van der Waals surface area (Å²) in [6.45, 7) is 0.174. The molecule has 0 radical (unpaired) electrons. The van der Waals surface area contributed by atoms with Crippen LogP contribution in [0.1, 0.15) is 29.3 Å². The van der Waals surface area contributed by atoms with E-state index in [4.69, 9.17) is 9.47 Å². The van der Waals surface area contributed by atoms with Gasteiger partial charge >= 0.3 is 35.6 Å². The number of carboxylic acid groups (broad SMARTS) is 1. The number of anilines is 2. The van der Waals surface area contributed by atoms with Crippen molar-refractivity contribution in [2.24, 2.45) is 5.92 Å². The van der Waals surface area contributed by atoms with Gasteiger partial charge in [0.25, 0.3) is 0 Å². The van der Waals surface area contributed by atoms with Crippen LogP contribution >= 0.6 is 11.3 Å². The van der Waals surface area contributed by atoms with E-state index in [1.165, 1.54) is 37.7 Å². The molecule has 1 aromatic heterocycles. The van der Waals surface area contributed by atoms with E-state index in [0.29, 0.717) is 23.6 Å². The van der Waals surface area contributed by atoms with Gasteiger partial charge in [-0.25, -0.2) is 9.18 Å². The fourth-order valence-electron chi connectivity index (χ4n) is 4.47. The fourth-order valence-corrected chi connectivity index (χ4v) is 5.12.